The highest BCUT2D eigenvalue weighted by Gasteiger charge is 2.05. The maximum absolute atomic E-state index is 5.95. The fourth-order valence-corrected chi connectivity index (χ4v) is 2.10. The zero-order valence-electron chi connectivity index (χ0n) is 11.2. The van der Waals surface area contributed by atoms with E-state index in [-0.39, 0.29) is 0 Å². The Morgan fingerprint density at radius 1 is 1.11 bits per heavy atom. The van der Waals surface area contributed by atoms with Crippen LogP contribution in [0.15, 0.2) is 53.0 Å². The summed E-state index contributed by atoms with van der Waals surface area (Å²) in [6, 6.07) is 16.4. The van der Waals surface area contributed by atoms with E-state index in [0.717, 1.165) is 28.1 Å². The van der Waals surface area contributed by atoms with E-state index in [1.165, 1.54) is 0 Å². The lowest BCUT2D eigenvalue weighted by Crippen LogP contribution is -2.22. The summed E-state index contributed by atoms with van der Waals surface area (Å²) in [6.45, 7) is 5.08. The molecule has 0 radical (unpaired) electrons. The van der Waals surface area contributed by atoms with Gasteiger partial charge < -0.3 is 10.1 Å². The summed E-state index contributed by atoms with van der Waals surface area (Å²) in [5, 5.41) is 3.41. The monoisotopic (exact) mass is 319 g/mol. The van der Waals surface area contributed by atoms with Crippen LogP contribution in [-0.2, 0) is 6.54 Å². The van der Waals surface area contributed by atoms with E-state index < -0.39 is 0 Å². The van der Waals surface area contributed by atoms with Gasteiger partial charge in [-0.25, -0.2) is 0 Å². The molecular weight excluding hydrogens is 302 g/mol. The maximum Gasteiger partial charge on any atom is 0.131 e. The summed E-state index contributed by atoms with van der Waals surface area (Å²) >= 11 is 3.45. The first-order valence-corrected chi connectivity index (χ1v) is 7.19. The molecule has 2 aromatic rings. The number of nitrogens with one attached hydrogen (secondary N) is 1. The van der Waals surface area contributed by atoms with Crippen molar-refractivity contribution < 1.29 is 4.74 Å². The maximum atomic E-state index is 5.95. The van der Waals surface area contributed by atoms with Crippen molar-refractivity contribution in [2.45, 2.75) is 26.4 Å². The lowest BCUT2D eigenvalue weighted by atomic mass is 10.2. The largest absolute Gasteiger partial charge is 0.457 e. The number of hydrogen-bond donors (Lipinski definition) is 1. The number of rotatable bonds is 5. The van der Waals surface area contributed by atoms with Crippen molar-refractivity contribution in [3.8, 4) is 11.5 Å². The third-order valence-electron chi connectivity index (χ3n) is 2.70. The van der Waals surface area contributed by atoms with Gasteiger partial charge in [-0.3, -0.25) is 0 Å². The van der Waals surface area contributed by atoms with Gasteiger partial charge in [0.25, 0.3) is 0 Å². The van der Waals surface area contributed by atoms with Crippen molar-refractivity contribution in [3.63, 3.8) is 0 Å². The minimum absolute atomic E-state index is 0.457. The van der Waals surface area contributed by atoms with Crippen LogP contribution in [0.5, 0.6) is 11.5 Å². The number of benzene rings is 2. The molecule has 0 aliphatic carbocycles. The van der Waals surface area contributed by atoms with E-state index in [1.807, 2.05) is 42.5 Å². The molecule has 0 aliphatic heterocycles. The van der Waals surface area contributed by atoms with Crippen LogP contribution in [-0.4, -0.2) is 6.04 Å². The van der Waals surface area contributed by atoms with E-state index in [9.17, 15) is 0 Å². The molecule has 2 rings (SSSR count). The van der Waals surface area contributed by atoms with Gasteiger partial charge in [0.2, 0.25) is 0 Å². The van der Waals surface area contributed by atoms with E-state index in [1.54, 1.807) is 0 Å². The predicted octanol–water partition coefficient (Wildman–Crippen LogP) is 4.74. The molecule has 0 amide bonds. The van der Waals surface area contributed by atoms with Crippen LogP contribution >= 0.6 is 15.9 Å². The van der Waals surface area contributed by atoms with Gasteiger partial charge in [0, 0.05) is 22.6 Å². The summed E-state index contributed by atoms with van der Waals surface area (Å²) in [7, 11) is 0. The van der Waals surface area contributed by atoms with Crippen molar-refractivity contribution in [3.05, 3.63) is 58.6 Å². The minimum Gasteiger partial charge on any atom is -0.457 e. The van der Waals surface area contributed by atoms with Crippen LogP contribution in [0.25, 0.3) is 0 Å². The van der Waals surface area contributed by atoms with Crippen molar-refractivity contribution >= 4 is 15.9 Å². The topological polar surface area (TPSA) is 21.3 Å². The third-order valence-corrected chi connectivity index (χ3v) is 3.19. The molecule has 0 bridgehead atoms. The second kappa shape index (κ2) is 6.73. The van der Waals surface area contributed by atoms with Crippen LogP contribution in [0.4, 0.5) is 0 Å². The molecule has 3 heteroatoms. The Kier molecular flexibility index (Phi) is 5.00. The molecule has 0 atom stereocenters. The SMILES string of the molecule is CC(C)NCc1ccccc1Oc1cccc(Br)c1. The average Bonchev–Trinajstić information content (AvgIpc) is 2.38. The highest BCUT2D eigenvalue weighted by molar-refractivity contribution is 9.10. The molecule has 0 spiro atoms. The Balaban J connectivity index is 2.15. The molecule has 0 unspecified atom stereocenters. The molecule has 100 valence electrons. The van der Waals surface area contributed by atoms with Gasteiger partial charge in [-0.2, -0.15) is 0 Å². The molecule has 0 aliphatic rings. The molecule has 2 aromatic carbocycles. The average molecular weight is 320 g/mol. The smallest absolute Gasteiger partial charge is 0.131 e. The molecular formula is C16H18BrNO. The van der Waals surface area contributed by atoms with Crippen LogP contribution in [0.1, 0.15) is 19.4 Å². The highest BCUT2D eigenvalue weighted by atomic mass is 79.9. The van der Waals surface area contributed by atoms with E-state index in [2.05, 4.69) is 41.2 Å². The summed E-state index contributed by atoms with van der Waals surface area (Å²) < 4.78 is 6.97. The van der Waals surface area contributed by atoms with Crippen LogP contribution in [0.3, 0.4) is 0 Å². The van der Waals surface area contributed by atoms with Crippen molar-refractivity contribution in [1.82, 2.24) is 5.32 Å². The lowest BCUT2D eigenvalue weighted by molar-refractivity contribution is 0.469. The van der Waals surface area contributed by atoms with Crippen LogP contribution in [0.2, 0.25) is 0 Å². The molecule has 0 heterocycles. The number of ether oxygens (including phenoxy) is 1. The first-order valence-electron chi connectivity index (χ1n) is 6.40. The molecule has 0 saturated carbocycles. The zero-order valence-corrected chi connectivity index (χ0v) is 12.8. The fraction of sp³-hybridized carbons (Fsp3) is 0.250. The number of hydrogen-bond acceptors (Lipinski definition) is 2. The minimum atomic E-state index is 0.457. The van der Waals surface area contributed by atoms with Crippen molar-refractivity contribution in [1.29, 1.82) is 0 Å². The normalized spacial score (nSPS) is 10.7. The first kappa shape index (κ1) is 14.1. The highest BCUT2D eigenvalue weighted by Crippen LogP contribution is 2.27. The van der Waals surface area contributed by atoms with Crippen molar-refractivity contribution in [2.75, 3.05) is 0 Å². The van der Waals surface area contributed by atoms with Gasteiger partial charge in [-0.15, -0.1) is 0 Å². The zero-order chi connectivity index (χ0) is 13.7. The van der Waals surface area contributed by atoms with Crippen LogP contribution < -0.4 is 10.1 Å². The Bertz CT molecular complexity index is 540. The summed E-state index contributed by atoms with van der Waals surface area (Å²) in [5.74, 6) is 1.74. The van der Waals surface area contributed by atoms with Gasteiger partial charge in [0.1, 0.15) is 11.5 Å². The third kappa shape index (κ3) is 4.37. The predicted molar refractivity (Wildman–Crippen MR) is 82.6 cm³/mol. The van der Waals surface area contributed by atoms with Gasteiger partial charge in [0.05, 0.1) is 0 Å². The molecule has 0 saturated heterocycles. The Labute approximate surface area is 122 Å². The lowest BCUT2D eigenvalue weighted by Gasteiger charge is -2.13. The Morgan fingerprint density at radius 2 is 1.89 bits per heavy atom. The first-order chi connectivity index (χ1) is 9.15. The molecule has 2 nitrogen and oxygen atoms in total. The summed E-state index contributed by atoms with van der Waals surface area (Å²) in [4.78, 5) is 0. The quantitative estimate of drug-likeness (QED) is 0.859. The second-order valence-electron chi connectivity index (χ2n) is 4.70. The van der Waals surface area contributed by atoms with Gasteiger partial charge >= 0.3 is 0 Å². The standard InChI is InChI=1S/C16H18BrNO/c1-12(2)18-11-13-6-3-4-9-16(13)19-15-8-5-7-14(17)10-15/h3-10,12,18H,11H2,1-2H3. The molecule has 0 aromatic heterocycles. The molecule has 0 fully saturated rings. The van der Waals surface area contributed by atoms with E-state index in [4.69, 9.17) is 4.74 Å². The Hall–Kier alpha value is -1.32. The molecule has 19 heavy (non-hydrogen) atoms. The number of para-hydroxylation sites is 1. The summed E-state index contributed by atoms with van der Waals surface area (Å²) in [5.41, 5.74) is 1.16. The molecule has 1 N–H and O–H groups in total. The van der Waals surface area contributed by atoms with E-state index in [0.29, 0.717) is 6.04 Å². The second-order valence-corrected chi connectivity index (χ2v) is 5.62. The Morgan fingerprint density at radius 3 is 2.63 bits per heavy atom. The van der Waals surface area contributed by atoms with Gasteiger partial charge in [0.15, 0.2) is 0 Å². The number of halogens is 1. The van der Waals surface area contributed by atoms with Crippen LogP contribution in [0, 0.1) is 0 Å². The van der Waals surface area contributed by atoms with E-state index >= 15 is 0 Å². The summed E-state index contributed by atoms with van der Waals surface area (Å²) in [6.07, 6.45) is 0. The van der Waals surface area contributed by atoms with Crippen molar-refractivity contribution in [2.24, 2.45) is 0 Å². The van der Waals surface area contributed by atoms with Gasteiger partial charge in [-0.1, -0.05) is 54.0 Å². The van der Waals surface area contributed by atoms with Gasteiger partial charge in [-0.05, 0) is 24.3 Å². The fourth-order valence-electron chi connectivity index (χ4n) is 1.72.